The molecule has 7 amide bonds. The molecule has 1 aromatic carbocycles. The molecule has 0 unspecified atom stereocenters. The van der Waals surface area contributed by atoms with Crippen LogP contribution in [0.25, 0.3) is 0 Å². The van der Waals surface area contributed by atoms with Gasteiger partial charge in [-0.25, -0.2) is 0 Å². The van der Waals surface area contributed by atoms with Crippen molar-refractivity contribution in [2.75, 3.05) is 34.4 Å². The van der Waals surface area contributed by atoms with Gasteiger partial charge in [-0.2, -0.15) is 0 Å². The number of unbranched alkanes of at least 4 members (excludes halogenated alkanes) is 2. The van der Waals surface area contributed by atoms with E-state index in [-0.39, 0.29) is 102 Å². The summed E-state index contributed by atoms with van der Waals surface area (Å²) in [6.45, 7) is 16.7. The van der Waals surface area contributed by atoms with Gasteiger partial charge in [0.25, 0.3) is 11.8 Å². The van der Waals surface area contributed by atoms with E-state index in [1.807, 2.05) is 64.6 Å². The fourth-order valence-corrected chi connectivity index (χ4v) is 11.4. The van der Waals surface area contributed by atoms with Crippen molar-refractivity contribution in [3.8, 4) is 0 Å². The van der Waals surface area contributed by atoms with E-state index < -0.39 is 36.3 Å². The molecule has 4 aliphatic rings. The third kappa shape index (κ3) is 12.2. The van der Waals surface area contributed by atoms with Crippen molar-refractivity contribution in [2.24, 2.45) is 29.6 Å². The Labute approximate surface area is 399 Å². The number of rotatable bonds is 24. The highest BCUT2D eigenvalue weighted by molar-refractivity contribution is 6.12. The van der Waals surface area contributed by atoms with Gasteiger partial charge in [-0.1, -0.05) is 91.6 Å². The average molecular weight is 933 g/mol. The molecule has 3 fully saturated rings. The van der Waals surface area contributed by atoms with Crippen molar-refractivity contribution in [2.45, 2.75) is 174 Å². The number of nitrogens with zero attached hydrogens (tertiary/aromatic N) is 4. The van der Waals surface area contributed by atoms with Crippen LogP contribution in [-0.2, 0) is 43.0 Å². The Morgan fingerprint density at radius 3 is 2.13 bits per heavy atom. The van der Waals surface area contributed by atoms with E-state index >= 15 is 0 Å². The maximum absolute atomic E-state index is 14.7. The number of methoxy groups -OCH3 is 2. The summed E-state index contributed by atoms with van der Waals surface area (Å²) in [6.07, 6.45) is 7.17. The second-order valence-electron chi connectivity index (χ2n) is 20.2. The zero-order valence-corrected chi connectivity index (χ0v) is 42.1. The predicted octanol–water partition coefficient (Wildman–Crippen LogP) is 5.47. The maximum Gasteiger partial charge on any atom is 0.253 e. The summed E-state index contributed by atoms with van der Waals surface area (Å²) in [7, 11) is 4.87. The number of hydrogen-bond donors (Lipinski definition) is 2. The first-order valence-electron chi connectivity index (χ1n) is 25.0. The van der Waals surface area contributed by atoms with Crippen LogP contribution in [0, 0.1) is 29.6 Å². The third-order valence-electron chi connectivity index (χ3n) is 15.8. The molecule has 15 heteroatoms. The number of ether oxygens (including phenoxy) is 2. The first kappa shape index (κ1) is 53.3. The Morgan fingerprint density at radius 1 is 0.851 bits per heavy atom. The number of amides is 7. The molecule has 2 N–H and O–H groups in total. The highest BCUT2D eigenvalue weighted by atomic mass is 16.5. The molecule has 13 atom stereocenters. The summed E-state index contributed by atoms with van der Waals surface area (Å²) < 4.78 is 12.1. The third-order valence-corrected chi connectivity index (χ3v) is 15.8. The van der Waals surface area contributed by atoms with Crippen LogP contribution < -0.4 is 10.6 Å². The first-order valence-corrected chi connectivity index (χ1v) is 25.0. The molecule has 15 nitrogen and oxygen atoms in total. The second kappa shape index (κ2) is 24.1. The lowest BCUT2D eigenvalue weighted by Crippen LogP contribution is -2.60. The lowest BCUT2D eigenvalue weighted by atomic mass is 9.89. The number of benzene rings is 1. The number of likely N-dealkylation sites (tertiary alicyclic amines) is 2. The number of likely N-dealkylation sites (N-methyl/N-ethyl adjacent to an activating group) is 1. The van der Waals surface area contributed by atoms with E-state index in [0.717, 1.165) is 24.8 Å². The molecule has 372 valence electrons. The van der Waals surface area contributed by atoms with Crippen molar-refractivity contribution in [1.82, 2.24) is 30.2 Å². The molecule has 1 aromatic rings. The fraction of sp³-hybridized carbons (Fsp3) is 0.712. The van der Waals surface area contributed by atoms with Crippen LogP contribution in [0.2, 0.25) is 0 Å². The van der Waals surface area contributed by atoms with Gasteiger partial charge in [-0.05, 0) is 74.7 Å². The van der Waals surface area contributed by atoms with E-state index in [0.29, 0.717) is 45.2 Å². The van der Waals surface area contributed by atoms with E-state index in [1.54, 1.807) is 31.1 Å². The summed E-state index contributed by atoms with van der Waals surface area (Å²) in [4.78, 5) is 102. The molecule has 0 spiro atoms. The van der Waals surface area contributed by atoms with Gasteiger partial charge >= 0.3 is 0 Å². The molecule has 2 bridgehead atoms. The van der Waals surface area contributed by atoms with Crippen LogP contribution in [0.15, 0.2) is 42.5 Å². The Hall–Kier alpha value is -4.63. The van der Waals surface area contributed by atoms with Crippen molar-refractivity contribution >= 4 is 41.4 Å². The van der Waals surface area contributed by atoms with Crippen LogP contribution in [-0.4, -0.2) is 144 Å². The topological polar surface area (TPSA) is 175 Å². The quantitative estimate of drug-likeness (QED) is 0.101. The summed E-state index contributed by atoms with van der Waals surface area (Å²) in [5, 5.41) is 6.31. The zero-order chi connectivity index (χ0) is 49.3. The van der Waals surface area contributed by atoms with Gasteiger partial charge < -0.3 is 34.8 Å². The number of fused-ring (bicyclic) bond motifs is 2. The van der Waals surface area contributed by atoms with Gasteiger partial charge in [0.1, 0.15) is 12.1 Å². The van der Waals surface area contributed by atoms with Gasteiger partial charge in [0, 0.05) is 70.9 Å². The summed E-state index contributed by atoms with van der Waals surface area (Å²) in [5.74, 6) is -2.32. The monoisotopic (exact) mass is 933 g/mol. The Morgan fingerprint density at radius 2 is 1.52 bits per heavy atom. The Bertz CT molecular complexity index is 1910. The zero-order valence-electron chi connectivity index (χ0n) is 42.1. The van der Waals surface area contributed by atoms with Crippen LogP contribution in [0.4, 0.5) is 0 Å². The van der Waals surface area contributed by atoms with Crippen molar-refractivity contribution in [3.63, 3.8) is 0 Å². The Balaban J connectivity index is 1.23. The van der Waals surface area contributed by atoms with Gasteiger partial charge in [-0.15, -0.1) is 0 Å². The smallest absolute Gasteiger partial charge is 0.253 e. The number of nitrogens with one attached hydrogen (secondary N) is 2. The van der Waals surface area contributed by atoms with E-state index in [4.69, 9.17) is 9.47 Å². The number of piperidine rings is 1. The van der Waals surface area contributed by atoms with E-state index in [1.165, 1.54) is 17.1 Å². The van der Waals surface area contributed by atoms with Crippen LogP contribution in [0.3, 0.4) is 0 Å². The molecule has 3 aliphatic heterocycles. The molecule has 1 aliphatic carbocycles. The number of carbonyl (C=O) groups excluding carboxylic acids is 7. The Kier molecular flexibility index (Phi) is 19.2. The lowest BCUT2D eigenvalue weighted by Gasteiger charge is -2.41. The molecule has 2 saturated heterocycles. The fourth-order valence-electron chi connectivity index (χ4n) is 11.4. The normalized spacial score (nSPS) is 24.9. The molecule has 0 radical (unpaired) electrons. The van der Waals surface area contributed by atoms with Gasteiger partial charge in [-0.3, -0.25) is 38.5 Å². The van der Waals surface area contributed by atoms with Gasteiger partial charge in [0.15, 0.2) is 0 Å². The standard InChI is InChI=1S/C52H80N6O9/c1-12-32(4)47(41(66-10)30-45(62)56-29-19-22-40(56)49(67-11)35(7)50(63)53-36(8)33(5)37-20-15-13-16-21-37)55(9)52(65)46(31(2)3)54-51(64)48-38-24-25-39(34(38)6)58(48)44(61)23-17-14-18-28-57-42(59)26-27-43(57)60/h13,15-16,20-21,26-27,31-36,38-41,46-49H,12,14,17-19,22-25,28-30H2,1-11H3,(H,53,63)(H,54,64)/t32-,33+,34-,35+,36+,38-,39-,40-,41+,46-,47-,48-,49+/m0/s1. The summed E-state index contributed by atoms with van der Waals surface area (Å²) in [5.41, 5.74) is 1.14. The number of carbonyl (C=O) groups is 7. The van der Waals surface area contributed by atoms with Gasteiger partial charge in [0.05, 0.1) is 36.6 Å². The maximum atomic E-state index is 14.7. The second-order valence-corrected chi connectivity index (χ2v) is 20.2. The SMILES string of the molecule is CC[C@H](C)[C@@H]([C@@H](CC(=O)N1CCC[C@H]1[C@H](OC)[C@@H](C)C(=O)N[C@H](C)[C@@H](C)c1ccccc1)OC)N(C)C(=O)[C@@H](NC(=O)[C@@H]1[C@H]2CC[C@@H]([C@H]2C)N1C(=O)CCCCCN1C(=O)C=CC1=O)C(C)C. The first-order chi connectivity index (χ1) is 31.9. The van der Waals surface area contributed by atoms with Crippen LogP contribution >= 0.6 is 0 Å². The molecule has 5 rings (SSSR count). The molecular formula is C52H80N6O9. The van der Waals surface area contributed by atoms with E-state index in [9.17, 15) is 33.6 Å². The van der Waals surface area contributed by atoms with Crippen LogP contribution in [0.5, 0.6) is 0 Å². The highest BCUT2D eigenvalue weighted by Crippen LogP contribution is 2.47. The minimum Gasteiger partial charge on any atom is -0.379 e. The molecule has 1 saturated carbocycles. The molecule has 0 aromatic heterocycles. The largest absolute Gasteiger partial charge is 0.379 e. The number of hydrogen-bond acceptors (Lipinski definition) is 9. The average Bonchev–Trinajstić information content (AvgIpc) is 4.10. The lowest BCUT2D eigenvalue weighted by molar-refractivity contribution is -0.149. The van der Waals surface area contributed by atoms with Gasteiger partial charge in [0.2, 0.25) is 29.5 Å². The number of imide groups is 1. The van der Waals surface area contributed by atoms with E-state index in [2.05, 4.69) is 36.6 Å². The summed E-state index contributed by atoms with van der Waals surface area (Å²) >= 11 is 0. The summed E-state index contributed by atoms with van der Waals surface area (Å²) in [6, 6.07) is 7.46. The molecular weight excluding hydrogens is 853 g/mol. The highest BCUT2D eigenvalue weighted by Gasteiger charge is 2.56. The van der Waals surface area contributed by atoms with Crippen molar-refractivity contribution in [1.29, 1.82) is 0 Å². The minimum atomic E-state index is -0.898. The predicted molar refractivity (Wildman–Crippen MR) is 256 cm³/mol. The molecule has 67 heavy (non-hydrogen) atoms. The minimum absolute atomic E-state index is 0.00673. The molecule has 3 heterocycles. The van der Waals surface area contributed by atoms with Crippen molar-refractivity contribution < 1.29 is 43.0 Å². The van der Waals surface area contributed by atoms with Crippen molar-refractivity contribution in [3.05, 3.63) is 48.0 Å². The van der Waals surface area contributed by atoms with Crippen LogP contribution in [0.1, 0.15) is 131 Å².